The predicted molar refractivity (Wildman–Crippen MR) is 117 cm³/mol. The number of pyridine rings is 1. The van der Waals surface area contributed by atoms with Crippen molar-refractivity contribution < 1.29 is 31.4 Å². The van der Waals surface area contributed by atoms with Gasteiger partial charge in [-0.3, -0.25) is 0 Å². The molecule has 1 aromatic heterocycles. The first-order chi connectivity index (χ1) is 14.5. The van der Waals surface area contributed by atoms with Crippen LogP contribution in [0.15, 0.2) is 36.4 Å². The number of unbranched alkanes of at least 4 members (excludes halogenated alkanes) is 4. The van der Waals surface area contributed by atoms with E-state index in [9.17, 15) is 31.4 Å². The molecule has 2 rings (SSSR count). The van der Waals surface area contributed by atoms with Crippen molar-refractivity contribution in [3.8, 4) is 11.3 Å². The van der Waals surface area contributed by atoms with E-state index in [2.05, 4.69) is 17.2 Å². The molecule has 180 valence electrons. The van der Waals surface area contributed by atoms with E-state index in [1.54, 1.807) is 0 Å². The molecule has 0 spiro atoms. The quantitative estimate of drug-likeness (QED) is 0.300. The lowest BCUT2D eigenvalue weighted by atomic mass is 10.0. The minimum atomic E-state index is -4.76. The van der Waals surface area contributed by atoms with Gasteiger partial charge in [0.05, 0.1) is 17.4 Å². The summed E-state index contributed by atoms with van der Waals surface area (Å²) in [6.45, 7) is 2.79. The molecule has 3 nitrogen and oxygen atoms in total. The van der Waals surface area contributed by atoms with E-state index in [0.29, 0.717) is 6.54 Å². The lowest BCUT2D eigenvalue weighted by Crippen LogP contribution is -2.23. The average Bonchev–Trinajstić information content (AvgIpc) is 2.71. The largest absolute Gasteiger partial charge is 0.433 e. The number of alkyl halides is 6. The Morgan fingerprint density at radius 1 is 0.906 bits per heavy atom. The van der Waals surface area contributed by atoms with E-state index in [0.717, 1.165) is 62.4 Å². The second-order valence-electron chi connectivity index (χ2n) is 7.38. The van der Waals surface area contributed by atoms with Crippen LogP contribution in [0, 0.1) is 0 Å². The van der Waals surface area contributed by atoms with Crippen LogP contribution in [-0.4, -0.2) is 23.2 Å². The maximum absolute atomic E-state index is 13.3. The number of rotatable bonds is 10. The fourth-order valence-electron chi connectivity index (χ4n) is 3.08. The van der Waals surface area contributed by atoms with Crippen LogP contribution < -0.4 is 5.32 Å². The Morgan fingerprint density at radius 2 is 1.53 bits per heavy atom. The van der Waals surface area contributed by atoms with Gasteiger partial charge in [0.2, 0.25) is 0 Å². The van der Waals surface area contributed by atoms with Gasteiger partial charge in [-0.15, -0.1) is 0 Å². The van der Waals surface area contributed by atoms with Gasteiger partial charge in [0.1, 0.15) is 5.69 Å². The van der Waals surface area contributed by atoms with Crippen molar-refractivity contribution in [1.82, 2.24) is 10.3 Å². The maximum Gasteiger partial charge on any atom is 0.433 e. The van der Waals surface area contributed by atoms with E-state index in [1.165, 1.54) is 6.07 Å². The monoisotopic (exact) mass is 482 g/mol. The molecule has 0 amide bonds. The Hall–Kier alpha value is -1.78. The third-order valence-electron chi connectivity index (χ3n) is 4.83. The number of aliphatic hydroxyl groups excluding tert-OH is 1. The molecular formula is C22H28F6N2OS. The zero-order valence-corrected chi connectivity index (χ0v) is 18.7. The topological polar surface area (TPSA) is 45.1 Å². The third kappa shape index (κ3) is 8.63. The first-order valence-electron chi connectivity index (χ1n) is 10.2. The maximum atomic E-state index is 13.3. The molecule has 1 atom stereocenters. The van der Waals surface area contributed by atoms with E-state index < -0.39 is 29.7 Å². The molecule has 0 saturated heterocycles. The van der Waals surface area contributed by atoms with Gasteiger partial charge < -0.3 is 10.4 Å². The first kappa shape index (κ1) is 28.3. The fourth-order valence-corrected chi connectivity index (χ4v) is 3.08. The normalized spacial score (nSPS) is 13.0. The van der Waals surface area contributed by atoms with Crippen LogP contribution in [0.25, 0.3) is 11.3 Å². The standard InChI is InChI=1S/C22H26F6N2O.H2S/c1-2-3-4-5-6-11-29-14-19(31)16-12-18(30-20(13-16)22(26,27)28)15-7-9-17(10-8-15)21(23,24)25;/h7-10,12-13,19,29,31H,2-6,11,14H2,1H3;1H2/t19-;/m1./s1. The van der Waals surface area contributed by atoms with Gasteiger partial charge in [0.15, 0.2) is 0 Å². The molecule has 2 N–H and O–H groups in total. The van der Waals surface area contributed by atoms with Crippen LogP contribution in [0.1, 0.15) is 62.0 Å². The summed E-state index contributed by atoms with van der Waals surface area (Å²) in [6, 6.07) is 5.74. The summed E-state index contributed by atoms with van der Waals surface area (Å²) in [7, 11) is 0. The van der Waals surface area contributed by atoms with Crippen LogP contribution in [0.5, 0.6) is 0 Å². The van der Waals surface area contributed by atoms with Crippen LogP contribution in [0.2, 0.25) is 0 Å². The smallest absolute Gasteiger partial charge is 0.387 e. The number of benzene rings is 1. The van der Waals surface area contributed by atoms with Gasteiger partial charge in [-0.1, -0.05) is 44.7 Å². The SMILES string of the molecule is CCCCCCCNC[C@@H](O)c1cc(-c2ccc(C(F)(F)F)cc2)nc(C(F)(F)F)c1.S. The molecule has 0 aliphatic rings. The number of nitrogens with one attached hydrogen (secondary N) is 1. The molecule has 1 aromatic carbocycles. The van der Waals surface area contributed by atoms with Crippen LogP contribution in [0.4, 0.5) is 26.3 Å². The number of aromatic nitrogens is 1. The van der Waals surface area contributed by atoms with Crippen LogP contribution in [0.3, 0.4) is 0 Å². The van der Waals surface area contributed by atoms with Gasteiger partial charge in [-0.05, 0) is 42.8 Å². The number of aliphatic hydroxyl groups is 1. The molecule has 1 heterocycles. The van der Waals surface area contributed by atoms with E-state index in [4.69, 9.17) is 0 Å². The number of halogens is 6. The van der Waals surface area contributed by atoms with Crippen molar-refractivity contribution in [2.24, 2.45) is 0 Å². The van der Waals surface area contributed by atoms with Crippen LogP contribution >= 0.6 is 13.5 Å². The van der Waals surface area contributed by atoms with E-state index in [1.807, 2.05) is 0 Å². The molecule has 0 unspecified atom stereocenters. The van der Waals surface area contributed by atoms with Crippen LogP contribution in [-0.2, 0) is 12.4 Å². The summed E-state index contributed by atoms with van der Waals surface area (Å²) in [5.74, 6) is 0. The van der Waals surface area contributed by atoms with Gasteiger partial charge in [0, 0.05) is 12.1 Å². The Bertz CT molecular complexity index is 825. The van der Waals surface area contributed by atoms with Crippen molar-refractivity contribution in [1.29, 1.82) is 0 Å². The lowest BCUT2D eigenvalue weighted by Gasteiger charge is -2.16. The summed E-state index contributed by atoms with van der Waals surface area (Å²) < 4.78 is 78.1. The highest BCUT2D eigenvalue weighted by atomic mass is 32.1. The van der Waals surface area contributed by atoms with Crippen molar-refractivity contribution >= 4 is 13.5 Å². The van der Waals surface area contributed by atoms with Crippen molar-refractivity contribution in [3.63, 3.8) is 0 Å². The minimum Gasteiger partial charge on any atom is -0.387 e. The predicted octanol–water partition coefficient (Wildman–Crippen LogP) is 6.49. The molecule has 0 radical (unpaired) electrons. The first-order valence-corrected chi connectivity index (χ1v) is 10.2. The summed E-state index contributed by atoms with van der Waals surface area (Å²) >= 11 is 0. The zero-order valence-electron chi connectivity index (χ0n) is 17.7. The van der Waals surface area contributed by atoms with Crippen molar-refractivity contribution in [2.75, 3.05) is 13.1 Å². The van der Waals surface area contributed by atoms with E-state index >= 15 is 0 Å². The highest BCUT2D eigenvalue weighted by molar-refractivity contribution is 7.59. The summed E-state index contributed by atoms with van der Waals surface area (Å²) in [5, 5.41) is 13.4. The molecule has 10 heteroatoms. The Morgan fingerprint density at radius 3 is 2.09 bits per heavy atom. The number of hydrogen-bond acceptors (Lipinski definition) is 3. The van der Waals surface area contributed by atoms with E-state index in [-0.39, 0.29) is 36.9 Å². The third-order valence-corrected chi connectivity index (χ3v) is 4.83. The average molecular weight is 483 g/mol. The summed E-state index contributed by atoms with van der Waals surface area (Å²) in [5.41, 5.74) is -2.19. The number of hydrogen-bond donors (Lipinski definition) is 2. The molecule has 0 saturated carbocycles. The molecule has 0 bridgehead atoms. The second-order valence-corrected chi connectivity index (χ2v) is 7.38. The molecule has 0 aliphatic carbocycles. The lowest BCUT2D eigenvalue weighted by molar-refractivity contribution is -0.141. The molecule has 2 aromatic rings. The van der Waals surface area contributed by atoms with Gasteiger partial charge in [0.25, 0.3) is 0 Å². The van der Waals surface area contributed by atoms with Crippen molar-refractivity contribution in [3.05, 3.63) is 53.2 Å². The molecule has 32 heavy (non-hydrogen) atoms. The molecule has 0 fully saturated rings. The highest BCUT2D eigenvalue weighted by Crippen LogP contribution is 2.34. The van der Waals surface area contributed by atoms with Gasteiger partial charge in [-0.25, -0.2) is 4.98 Å². The number of nitrogens with zero attached hydrogens (tertiary/aromatic N) is 1. The Labute approximate surface area is 190 Å². The zero-order chi connectivity index (χ0) is 23.1. The molecule has 0 aliphatic heterocycles. The fraction of sp³-hybridized carbons (Fsp3) is 0.500. The summed E-state index contributed by atoms with van der Waals surface area (Å²) in [6.07, 6.45) is -5.23. The minimum absolute atomic E-state index is 0. The highest BCUT2D eigenvalue weighted by Gasteiger charge is 2.34. The second kappa shape index (κ2) is 12.5. The molecular weight excluding hydrogens is 454 g/mol. The Kier molecular flexibility index (Phi) is 11.0. The summed E-state index contributed by atoms with van der Waals surface area (Å²) in [4.78, 5) is 3.55. The Balaban J connectivity index is 0.00000512. The van der Waals surface area contributed by atoms with Gasteiger partial charge in [-0.2, -0.15) is 39.8 Å². The van der Waals surface area contributed by atoms with Gasteiger partial charge >= 0.3 is 12.4 Å². The van der Waals surface area contributed by atoms with Crippen molar-refractivity contribution in [2.45, 2.75) is 57.5 Å².